The van der Waals surface area contributed by atoms with E-state index in [-0.39, 0.29) is 18.9 Å². The van der Waals surface area contributed by atoms with Crippen LogP contribution < -0.4 is 16.2 Å². The molecule has 3 amide bonds. The highest BCUT2D eigenvalue weighted by Crippen LogP contribution is 2.14. The summed E-state index contributed by atoms with van der Waals surface area (Å²) >= 11 is 3.29. The molecule has 0 bridgehead atoms. The molecule has 3 rings (SSSR count). The molecule has 8 nitrogen and oxygen atoms in total. The molecule has 0 aliphatic heterocycles. The number of carbonyl (C=O) groups is 3. The highest BCUT2D eigenvalue weighted by Gasteiger charge is 2.13. The van der Waals surface area contributed by atoms with Gasteiger partial charge in [0.25, 0.3) is 11.8 Å². The van der Waals surface area contributed by atoms with Gasteiger partial charge in [-0.05, 0) is 36.4 Å². The fourth-order valence-electron chi connectivity index (χ4n) is 2.59. The summed E-state index contributed by atoms with van der Waals surface area (Å²) in [5.74, 6) is -0.750. The lowest BCUT2D eigenvalue weighted by Crippen LogP contribution is -2.47. The molecule has 0 unspecified atom stereocenters. The SMILES string of the molecule is Cn1c(CC(=O)NNC(=O)CNC(=O)c2ccc(Br)cc2)nc2ccccc21. The lowest BCUT2D eigenvalue weighted by atomic mass is 10.2. The van der Waals surface area contributed by atoms with Crippen LogP contribution in [0, 0.1) is 0 Å². The Morgan fingerprint density at radius 3 is 2.39 bits per heavy atom. The minimum Gasteiger partial charge on any atom is -0.343 e. The molecule has 0 aliphatic rings. The van der Waals surface area contributed by atoms with Crippen molar-refractivity contribution in [2.24, 2.45) is 7.05 Å². The van der Waals surface area contributed by atoms with Gasteiger partial charge in [0.15, 0.2) is 0 Å². The van der Waals surface area contributed by atoms with Crippen LogP contribution in [0.15, 0.2) is 53.0 Å². The first-order valence-corrected chi connectivity index (χ1v) is 9.25. The van der Waals surface area contributed by atoms with E-state index in [0.717, 1.165) is 15.5 Å². The minimum absolute atomic E-state index is 0.0106. The predicted octanol–water partition coefficient (Wildman–Crippen LogP) is 1.46. The number of aromatic nitrogens is 2. The monoisotopic (exact) mass is 443 g/mol. The van der Waals surface area contributed by atoms with E-state index < -0.39 is 11.8 Å². The topological polar surface area (TPSA) is 105 Å². The van der Waals surface area contributed by atoms with Gasteiger partial charge >= 0.3 is 0 Å². The molecule has 3 N–H and O–H groups in total. The third-order valence-corrected chi connectivity index (χ3v) is 4.58. The first-order valence-electron chi connectivity index (χ1n) is 8.46. The van der Waals surface area contributed by atoms with Gasteiger partial charge in [-0.15, -0.1) is 0 Å². The van der Waals surface area contributed by atoms with Gasteiger partial charge in [-0.25, -0.2) is 4.98 Å². The number of aryl methyl sites for hydroxylation is 1. The highest BCUT2D eigenvalue weighted by atomic mass is 79.9. The van der Waals surface area contributed by atoms with E-state index in [4.69, 9.17) is 0 Å². The van der Waals surface area contributed by atoms with Gasteiger partial charge in [0.1, 0.15) is 5.82 Å². The molecule has 2 aromatic carbocycles. The summed E-state index contributed by atoms with van der Waals surface area (Å²) in [6, 6.07) is 14.3. The smallest absolute Gasteiger partial charge is 0.257 e. The average Bonchev–Trinajstić information content (AvgIpc) is 3.00. The largest absolute Gasteiger partial charge is 0.343 e. The molecule has 144 valence electrons. The van der Waals surface area contributed by atoms with Crippen LogP contribution in [0.5, 0.6) is 0 Å². The first kappa shape index (κ1) is 19.6. The predicted molar refractivity (Wildman–Crippen MR) is 107 cm³/mol. The Hall–Kier alpha value is -3.20. The molecule has 9 heteroatoms. The zero-order chi connectivity index (χ0) is 20.1. The third-order valence-electron chi connectivity index (χ3n) is 4.06. The second kappa shape index (κ2) is 8.66. The molecule has 1 heterocycles. The molecule has 0 saturated carbocycles. The van der Waals surface area contributed by atoms with Gasteiger partial charge in [-0.1, -0.05) is 28.1 Å². The molecule has 0 spiro atoms. The van der Waals surface area contributed by atoms with Crippen LogP contribution in [0.4, 0.5) is 0 Å². The average molecular weight is 444 g/mol. The van der Waals surface area contributed by atoms with Crippen molar-refractivity contribution in [1.82, 2.24) is 25.7 Å². The van der Waals surface area contributed by atoms with Crippen molar-refractivity contribution in [3.63, 3.8) is 0 Å². The molecule has 0 fully saturated rings. The lowest BCUT2D eigenvalue weighted by molar-refractivity contribution is -0.128. The van der Waals surface area contributed by atoms with E-state index >= 15 is 0 Å². The van der Waals surface area contributed by atoms with E-state index in [1.807, 2.05) is 35.9 Å². The van der Waals surface area contributed by atoms with Crippen molar-refractivity contribution >= 4 is 44.7 Å². The maximum Gasteiger partial charge on any atom is 0.257 e. The highest BCUT2D eigenvalue weighted by molar-refractivity contribution is 9.10. The van der Waals surface area contributed by atoms with E-state index in [0.29, 0.717) is 11.4 Å². The maximum atomic E-state index is 12.1. The van der Waals surface area contributed by atoms with E-state index in [1.54, 1.807) is 24.3 Å². The minimum atomic E-state index is -0.538. The van der Waals surface area contributed by atoms with Gasteiger partial charge < -0.3 is 9.88 Å². The van der Waals surface area contributed by atoms with Gasteiger partial charge in [0.2, 0.25) is 5.91 Å². The Balaban J connectivity index is 1.46. The standard InChI is InChI=1S/C19H18BrN5O3/c1-25-15-5-3-2-4-14(15)22-16(25)10-17(26)23-24-18(27)11-21-19(28)12-6-8-13(20)9-7-12/h2-9H,10-11H2,1H3,(H,21,28)(H,23,26)(H,24,27). The fraction of sp³-hybridized carbons (Fsp3) is 0.158. The van der Waals surface area contributed by atoms with Gasteiger partial charge in [-0.3, -0.25) is 25.2 Å². The molecule has 0 saturated heterocycles. The van der Waals surface area contributed by atoms with Crippen molar-refractivity contribution in [2.75, 3.05) is 6.54 Å². The van der Waals surface area contributed by atoms with Crippen LogP contribution in [-0.2, 0) is 23.1 Å². The summed E-state index contributed by atoms with van der Waals surface area (Å²) in [7, 11) is 1.83. The number of carbonyl (C=O) groups excluding carboxylic acids is 3. The number of para-hydroxylation sites is 2. The first-order chi connectivity index (χ1) is 13.4. The maximum absolute atomic E-state index is 12.1. The summed E-state index contributed by atoms with van der Waals surface area (Å²) in [5.41, 5.74) is 6.75. The molecule has 0 radical (unpaired) electrons. The van der Waals surface area contributed by atoms with E-state index in [9.17, 15) is 14.4 Å². The van der Waals surface area contributed by atoms with Crippen LogP contribution in [-0.4, -0.2) is 33.8 Å². The van der Waals surface area contributed by atoms with Gasteiger partial charge in [0, 0.05) is 17.1 Å². The Morgan fingerprint density at radius 2 is 1.68 bits per heavy atom. The molecule has 0 atom stereocenters. The second-order valence-electron chi connectivity index (χ2n) is 6.04. The number of rotatable bonds is 5. The number of nitrogens with zero attached hydrogens (tertiary/aromatic N) is 2. The molecule has 28 heavy (non-hydrogen) atoms. The van der Waals surface area contributed by atoms with Crippen molar-refractivity contribution in [3.05, 3.63) is 64.4 Å². The number of hydrogen-bond donors (Lipinski definition) is 3. The Kier molecular flexibility index (Phi) is 6.05. The quantitative estimate of drug-likeness (QED) is 0.519. The zero-order valence-electron chi connectivity index (χ0n) is 15.0. The number of imidazole rings is 1. The number of halogens is 1. The lowest BCUT2D eigenvalue weighted by Gasteiger charge is -2.09. The Bertz CT molecular complexity index is 1030. The molecule has 0 aliphatic carbocycles. The molecular weight excluding hydrogens is 426 g/mol. The van der Waals surface area contributed by atoms with Crippen LogP contribution in [0.25, 0.3) is 11.0 Å². The van der Waals surface area contributed by atoms with Gasteiger partial charge in [0.05, 0.1) is 24.0 Å². The van der Waals surface area contributed by atoms with Crippen LogP contribution in [0.3, 0.4) is 0 Å². The number of fused-ring (bicyclic) bond motifs is 1. The fourth-order valence-corrected chi connectivity index (χ4v) is 2.85. The van der Waals surface area contributed by atoms with Crippen LogP contribution in [0.2, 0.25) is 0 Å². The zero-order valence-corrected chi connectivity index (χ0v) is 16.6. The second-order valence-corrected chi connectivity index (χ2v) is 6.95. The van der Waals surface area contributed by atoms with E-state index in [1.165, 1.54) is 0 Å². The summed E-state index contributed by atoms with van der Waals surface area (Å²) < 4.78 is 2.68. The summed E-state index contributed by atoms with van der Waals surface area (Å²) in [4.78, 5) is 40.3. The summed E-state index contributed by atoms with van der Waals surface area (Å²) in [5, 5.41) is 2.48. The normalized spacial score (nSPS) is 10.5. The number of amides is 3. The molecule has 3 aromatic rings. The van der Waals surface area contributed by atoms with Crippen molar-refractivity contribution in [2.45, 2.75) is 6.42 Å². The number of benzene rings is 2. The summed E-state index contributed by atoms with van der Waals surface area (Å²) in [6.45, 7) is -0.262. The van der Waals surface area contributed by atoms with Crippen molar-refractivity contribution in [1.29, 1.82) is 0 Å². The Labute approximate surface area is 169 Å². The Morgan fingerprint density at radius 1 is 1.00 bits per heavy atom. The van der Waals surface area contributed by atoms with Crippen molar-refractivity contribution in [3.8, 4) is 0 Å². The number of hydrogen-bond acceptors (Lipinski definition) is 4. The number of hydrazine groups is 1. The van der Waals surface area contributed by atoms with Crippen LogP contribution in [0.1, 0.15) is 16.2 Å². The molecular formula is C19H18BrN5O3. The third kappa shape index (κ3) is 4.74. The van der Waals surface area contributed by atoms with Crippen LogP contribution >= 0.6 is 15.9 Å². The van der Waals surface area contributed by atoms with Gasteiger partial charge in [-0.2, -0.15) is 0 Å². The number of nitrogens with one attached hydrogen (secondary N) is 3. The van der Waals surface area contributed by atoms with Crippen molar-refractivity contribution < 1.29 is 14.4 Å². The summed E-state index contributed by atoms with van der Waals surface area (Å²) in [6.07, 6.45) is 0.0106. The van der Waals surface area contributed by atoms with E-state index in [2.05, 4.69) is 37.1 Å². The molecule has 1 aromatic heterocycles.